The first-order valence-corrected chi connectivity index (χ1v) is 7.11. The number of ketones is 1. The van der Waals surface area contributed by atoms with Gasteiger partial charge in [-0.2, -0.15) is 0 Å². The predicted octanol–water partition coefficient (Wildman–Crippen LogP) is 4.07. The summed E-state index contributed by atoms with van der Waals surface area (Å²) < 4.78 is 5.88. The van der Waals surface area contributed by atoms with E-state index in [2.05, 4.69) is 6.92 Å². The van der Waals surface area contributed by atoms with Crippen molar-refractivity contribution >= 4 is 11.5 Å². The molecule has 0 unspecified atom stereocenters. The number of hydrogen-bond donors (Lipinski definition) is 1. The molecule has 0 saturated carbocycles. The van der Waals surface area contributed by atoms with Gasteiger partial charge >= 0.3 is 0 Å². The smallest absolute Gasteiger partial charge is 0.195 e. The average molecular weight is 283 g/mol. The Hall–Kier alpha value is -2.29. The van der Waals surface area contributed by atoms with Crippen molar-refractivity contribution in [2.75, 3.05) is 5.73 Å². The molecule has 2 aromatic rings. The molecule has 0 heterocycles. The van der Waals surface area contributed by atoms with Crippen molar-refractivity contribution < 1.29 is 9.53 Å². The van der Waals surface area contributed by atoms with Crippen LogP contribution in [0.15, 0.2) is 48.5 Å². The molecule has 2 rings (SSSR count). The van der Waals surface area contributed by atoms with Crippen molar-refractivity contribution in [2.45, 2.75) is 32.8 Å². The highest BCUT2D eigenvalue weighted by molar-refractivity contribution is 6.12. The Morgan fingerprint density at radius 1 is 1.14 bits per heavy atom. The maximum Gasteiger partial charge on any atom is 0.195 e. The minimum Gasteiger partial charge on any atom is -0.488 e. The molecule has 0 saturated heterocycles. The zero-order chi connectivity index (χ0) is 15.5. The molecular formula is C18H21NO2. The van der Waals surface area contributed by atoms with Crippen LogP contribution in [-0.2, 0) is 0 Å². The van der Waals surface area contributed by atoms with Crippen LogP contribution in [0.2, 0.25) is 0 Å². The number of rotatable bonds is 5. The van der Waals surface area contributed by atoms with Crippen molar-refractivity contribution in [1.29, 1.82) is 0 Å². The largest absolute Gasteiger partial charge is 0.488 e. The monoisotopic (exact) mass is 283 g/mol. The first-order valence-electron chi connectivity index (χ1n) is 7.11. The number of hydrogen-bond acceptors (Lipinski definition) is 3. The third kappa shape index (κ3) is 3.63. The summed E-state index contributed by atoms with van der Waals surface area (Å²) in [6.45, 7) is 6.11. The molecule has 21 heavy (non-hydrogen) atoms. The average Bonchev–Trinajstić information content (AvgIpc) is 2.47. The number of benzene rings is 2. The van der Waals surface area contributed by atoms with E-state index >= 15 is 0 Å². The Morgan fingerprint density at radius 2 is 1.81 bits per heavy atom. The van der Waals surface area contributed by atoms with Gasteiger partial charge in [0.15, 0.2) is 5.78 Å². The normalized spacial score (nSPS) is 11.2. The highest BCUT2D eigenvalue weighted by Crippen LogP contribution is 2.26. The van der Waals surface area contributed by atoms with Crippen molar-refractivity contribution in [1.82, 2.24) is 0 Å². The second kappa shape index (κ2) is 6.00. The van der Waals surface area contributed by atoms with E-state index in [1.165, 1.54) is 0 Å². The SMILES string of the molecule is CCC(C)(C)Oc1ccc(C(=O)c2ccccc2)c(N)c1. The Labute approximate surface area is 125 Å². The quantitative estimate of drug-likeness (QED) is 0.665. The van der Waals surface area contributed by atoms with Crippen LogP contribution in [0.5, 0.6) is 5.75 Å². The predicted molar refractivity (Wildman–Crippen MR) is 85.7 cm³/mol. The molecule has 0 atom stereocenters. The van der Waals surface area contributed by atoms with Gasteiger partial charge in [-0.05, 0) is 32.4 Å². The number of ether oxygens (including phenoxy) is 1. The number of carbonyl (C=O) groups is 1. The molecule has 2 N–H and O–H groups in total. The van der Waals surface area contributed by atoms with Gasteiger partial charge in [0, 0.05) is 22.9 Å². The van der Waals surface area contributed by atoms with Crippen molar-refractivity contribution in [3.8, 4) is 5.75 Å². The van der Waals surface area contributed by atoms with Gasteiger partial charge in [0.05, 0.1) is 0 Å². The van der Waals surface area contributed by atoms with Crippen molar-refractivity contribution in [2.24, 2.45) is 0 Å². The zero-order valence-corrected chi connectivity index (χ0v) is 12.7. The highest BCUT2D eigenvalue weighted by Gasteiger charge is 2.18. The topological polar surface area (TPSA) is 52.3 Å². The summed E-state index contributed by atoms with van der Waals surface area (Å²) in [4.78, 5) is 12.4. The lowest BCUT2D eigenvalue weighted by Crippen LogP contribution is -2.26. The Balaban J connectivity index is 2.26. The molecule has 0 aliphatic carbocycles. The zero-order valence-electron chi connectivity index (χ0n) is 12.7. The van der Waals surface area contributed by atoms with E-state index < -0.39 is 0 Å². The summed E-state index contributed by atoms with van der Waals surface area (Å²) in [7, 11) is 0. The summed E-state index contributed by atoms with van der Waals surface area (Å²) in [6, 6.07) is 14.4. The summed E-state index contributed by atoms with van der Waals surface area (Å²) in [6.07, 6.45) is 0.887. The third-order valence-electron chi connectivity index (χ3n) is 3.55. The number of carbonyl (C=O) groups excluding carboxylic acids is 1. The molecule has 3 nitrogen and oxygen atoms in total. The number of anilines is 1. The molecule has 0 aliphatic heterocycles. The minimum absolute atomic E-state index is 0.0746. The van der Waals surface area contributed by atoms with Crippen LogP contribution in [0, 0.1) is 0 Å². The first-order chi connectivity index (χ1) is 9.93. The van der Waals surface area contributed by atoms with Gasteiger partial charge < -0.3 is 10.5 Å². The van der Waals surface area contributed by atoms with E-state index in [9.17, 15) is 4.79 Å². The van der Waals surface area contributed by atoms with Crippen molar-refractivity contribution in [3.05, 3.63) is 59.7 Å². The van der Waals surface area contributed by atoms with E-state index in [-0.39, 0.29) is 11.4 Å². The molecule has 0 fully saturated rings. The maximum absolute atomic E-state index is 12.4. The van der Waals surface area contributed by atoms with Gasteiger partial charge in [-0.3, -0.25) is 4.79 Å². The lowest BCUT2D eigenvalue weighted by molar-refractivity contribution is 0.103. The van der Waals surface area contributed by atoms with Crippen LogP contribution in [-0.4, -0.2) is 11.4 Å². The summed E-state index contributed by atoms with van der Waals surface area (Å²) in [5.74, 6) is 0.610. The standard InChI is InChI=1S/C18H21NO2/c1-4-18(2,3)21-14-10-11-15(16(19)12-14)17(20)13-8-6-5-7-9-13/h5-12H,4,19H2,1-3H3. The second-order valence-electron chi connectivity index (χ2n) is 5.66. The van der Waals surface area contributed by atoms with Gasteiger partial charge in [-0.1, -0.05) is 37.3 Å². The van der Waals surface area contributed by atoms with Crippen molar-refractivity contribution in [3.63, 3.8) is 0 Å². The third-order valence-corrected chi connectivity index (χ3v) is 3.55. The van der Waals surface area contributed by atoms with E-state index in [0.717, 1.165) is 6.42 Å². The minimum atomic E-state index is -0.253. The lowest BCUT2D eigenvalue weighted by atomic mass is 10.0. The van der Waals surface area contributed by atoms with Gasteiger partial charge in [0.2, 0.25) is 0 Å². The molecule has 0 radical (unpaired) electrons. The van der Waals surface area contributed by atoms with Gasteiger partial charge in [-0.15, -0.1) is 0 Å². The van der Waals surface area contributed by atoms with Gasteiger partial charge in [-0.25, -0.2) is 0 Å². The Kier molecular flexibility index (Phi) is 4.32. The van der Waals surface area contributed by atoms with Gasteiger partial charge in [0.25, 0.3) is 0 Å². The number of nitrogen functional groups attached to an aromatic ring is 1. The molecule has 2 aromatic carbocycles. The number of nitrogens with two attached hydrogens (primary N) is 1. The van der Waals surface area contributed by atoms with Crippen LogP contribution >= 0.6 is 0 Å². The molecule has 3 heteroatoms. The highest BCUT2D eigenvalue weighted by atomic mass is 16.5. The summed E-state index contributed by atoms with van der Waals surface area (Å²) in [5, 5.41) is 0. The fourth-order valence-corrected chi connectivity index (χ4v) is 1.95. The fourth-order valence-electron chi connectivity index (χ4n) is 1.95. The van der Waals surface area contributed by atoms with Crippen LogP contribution in [0.1, 0.15) is 43.1 Å². The van der Waals surface area contributed by atoms with E-state index in [4.69, 9.17) is 10.5 Å². The second-order valence-corrected chi connectivity index (χ2v) is 5.66. The van der Waals surface area contributed by atoms with E-state index in [1.807, 2.05) is 32.0 Å². The van der Waals surface area contributed by atoms with Gasteiger partial charge in [0.1, 0.15) is 11.4 Å². The first kappa shape index (κ1) is 15.1. The summed E-state index contributed by atoms with van der Waals surface area (Å²) in [5.41, 5.74) is 7.34. The molecule has 110 valence electrons. The van der Waals surface area contributed by atoms with Crippen LogP contribution in [0.4, 0.5) is 5.69 Å². The molecular weight excluding hydrogens is 262 g/mol. The molecule has 0 spiro atoms. The Bertz CT molecular complexity index is 633. The van der Waals surface area contributed by atoms with E-state index in [1.54, 1.807) is 30.3 Å². The van der Waals surface area contributed by atoms with Crippen LogP contribution < -0.4 is 10.5 Å². The molecule has 0 aliphatic rings. The Morgan fingerprint density at radius 3 is 2.38 bits per heavy atom. The summed E-state index contributed by atoms with van der Waals surface area (Å²) >= 11 is 0. The van der Waals surface area contributed by atoms with Crippen LogP contribution in [0.25, 0.3) is 0 Å². The maximum atomic E-state index is 12.4. The molecule has 0 aromatic heterocycles. The van der Waals surface area contributed by atoms with E-state index in [0.29, 0.717) is 22.6 Å². The fraction of sp³-hybridized carbons (Fsp3) is 0.278. The lowest BCUT2D eigenvalue weighted by Gasteiger charge is -2.25. The molecule has 0 bridgehead atoms. The molecule has 0 amide bonds. The van der Waals surface area contributed by atoms with Crippen LogP contribution in [0.3, 0.4) is 0 Å².